The van der Waals surface area contributed by atoms with Crippen LogP contribution in [0.5, 0.6) is 11.5 Å². The Bertz CT molecular complexity index is 2000. The van der Waals surface area contributed by atoms with Gasteiger partial charge in [-0.05, 0) is 114 Å². The smallest absolute Gasteiger partial charge is 0.307 e. The van der Waals surface area contributed by atoms with Gasteiger partial charge in [-0.25, -0.2) is 12.8 Å². The second-order valence-electron chi connectivity index (χ2n) is 17.8. The van der Waals surface area contributed by atoms with Gasteiger partial charge in [0.15, 0.2) is 5.78 Å². The molecule has 306 valence electrons. The lowest BCUT2D eigenvalue weighted by atomic mass is 9.79. The molecule has 2 aromatic rings. The zero-order chi connectivity index (χ0) is 40.8. The fourth-order valence-electron chi connectivity index (χ4n) is 8.63. The van der Waals surface area contributed by atoms with Gasteiger partial charge >= 0.3 is 5.97 Å². The number of carbonyl (C=O) groups is 4. The number of benzene rings is 2. The van der Waals surface area contributed by atoms with E-state index in [0.29, 0.717) is 60.8 Å². The van der Waals surface area contributed by atoms with Crippen LogP contribution >= 0.6 is 0 Å². The first-order chi connectivity index (χ1) is 26.3. The number of sulfonamides is 1. The minimum Gasteiger partial charge on any atom is -0.496 e. The molecule has 7 atom stereocenters. The fourth-order valence-corrected chi connectivity index (χ4v) is 9.96. The van der Waals surface area contributed by atoms with Crippen LogP contribution in [0.1, 0.15) is 106 Å². The van der Waals surface area contributed by atoms with Gasteiger partial charge in [0.1, 0.15) is 29.0 Å². The maximum Gasteiger partial charge on any atom is 0.307 e. The number of amides is 2. The molecular weight excluding hydrogens is 740 g/mol. The molecule has 2 aromatic carbocycles. The summed E-state index contributed by atoms with van der Waals surface area (Å²) in [6, 6.07) is 6.63. The van der Waals surface area contributed by atoms with E-state index >= 15 is 4.79 Å². The Balaban J connectivity index is 1.38. The summed E-state index contributed by atoms with van der Waals surface area (Å²) in [4.78, 5) is 58.6. The van der Waals surface area contributed by atoms with Crippen LogP contribution in [0.25, 0.3) is 10.8 Å². The molecule has 4 aliphatic rings. The first-order valence-electron chi connectivity index (χ1n) is 20.0. The number of carbonyl (C=O) groups excluding carboxylic acids is 4. The summed E-state index contributed by atoms with van der Waals surface area (Å²) >= 11 is 0. The minimum atomic E-state index is -3.97. The molecule has 0 aromatic heterocycles. The Morgan fingerprint density at radius 2 is 1.77 bits per heavy atom. The summed E-state index contributed by atoms with van der Waals surface area (Å²) in [7, 11) is -2.45. The van der Waals surface area contributed by atoms with Crippen molar-refractivity contribution in [3.63, 3.8) is 0 Å². The van der Waals surface area contributed by atoms with E-state index in [-0.39, 0.29) is 55.3 Å². The average Bonchev–Trinajstić information content (AvgIpc) is 4.00. The lowest BCUT2D eigenvalue weighted by Gasteiger charge is -2.33. The van der Waals surface area contributed by atoms with E-state index in [1.54, 1.807) is 45.9 Å². The third-order valence-electron chi connectivity index (χ3n) is 12.4. The molecule has 2 saturated carbocycles. The zero-order valence-corrected chi connectivity index (χ0v) is 34.5. The largest absolute Gasteiger partial charge is 0.496 e. The normalized spacial score (nSPS) is 30.0. The highest BCUT2D eigenvalue weighted by Crippen LogP contribution is 2.58. The number of fused-ring (bicyclic) bond motifs is 3. The maximum atomic E-state index is 15.0. The van der Waals surface area contributed by atoms with Gasteiger partial charge in [-0.3, -0.25) is 23.9 Å². The lowest BCUT2D eigenvalue weighted by Crippen LogP contribution is -2.48. The number of rotatable bonds is 9. The Morgan fingerprint density at radius 3 is 2.43 bits per heavy atom. The molecule has 2 heterocycles. The molecule has 2 aliphatic carbocycles. The van der Waals surface area contributed by atoms with Crippen LogP contribution < -0.4 is 14.2 Å². The van der Waals surface area contributed by atoms with Crippen LogP contribution in [0, 0.1) is 34.9 Å². The first-order valence-corrected chi connectivity index (χ1v) is 21.5. The number of esters is 1. The molecule has 0 bridgehead atoms. The zero-order valence-electron chi connectivity index (χ0n) is 33.7. The maximum absolute atomic E-state index is 15.0. The molecule has 56 heavy (non-hydrogen) atoms. The van der Waals surface area contributed by atoms with E-state index in [1.807, 2.05) is 19.1 Å². The van der Waals surface area contributed by atoms with Crippen molar-refractivity contribution >= 4 is 44.4 Å². The molecule has 3 fully saturated rings. The number of ketones is 1. The number of nitrogens with zero attached hydrogens (tertiary/aromatic N) is 1. The molecule has 0 radical (unpaired) electrons. The van der Waals surface area contributed by atoms with Crippen molar-refractivity contribution in [3.8, 4) is 11.5 Å². The van der Waals surface area contributed by atoms with Crippen LogP contribution in [0.2, 0.25) is 0 Å². The van der Waals surface area contributed by atoms with E-state index < -0.39 is 61.5 Å². The molecule has 1 saturated heterocycles. The quantitative estimate of drug-likeness (QED) is 0.209. The van der Waals surface area contributed by atoms with Crippen LogP contribution in [-0.4, -0.2) is 73.0 Å². The topological polar surface area (TPSA) is 145 Å². The first kappa shape index (κ1) is 41.6. The van der Waals surface area contributed by atoms with Crippen LogP contribution in [0.4, 0.5) is 4.39 Å². The van der Waals surface area contributed by atoms with Gasteiger partial charge in [0.25, 0.3) is 0 Å². The summed E-state index contributed by atoms with van der Waals surface area (Å²) in [6.07, 6.45) is 6.86. The predicted octanol–water partition coefficient (Wildman–Crippen LogP) is 7.05. The van der Waals surface area contributed by atoms with Gasteiger partial charge < -0.3 is 19.1 Å². The van der Waals surface area contributed by atoms with E-state index in [4.69, 9.17) is 14.2 Å². The second kappa shape index (κ2) is 15.7. The number of allylic oxidation sites excluding steroid dienone is 2. The summed E-state index contributed by atoms with van der Waals surface area (Å²) in [5, 5.41) is 1.09. The van der Waals surface area contributed by atoms with Crippen LogP contribution in [0.3, 0.4) is 0 Å². The number of ether oxygens (including phenoxy) is 3. The van der Waals surface area contributed by atoms with E-state index in [0.717, 1.165) is 6.42 Å². The highest BCUT2D eigenvalue weighted by molar-refractivity contribution is 7.91. The van der Waals surface area contributed by atoms with Crippen molar-refractivity contribution in [2.24, 2.45) is 29.1 Å². The molecule has 0 unspecified atom stereocenters. The fraction of sp³-hybridized carbons (Fsp3) is 0.628. The highest BCUT2D eigenvalue weighted by atomic mass is 32.2. The van der Waals surface area contributed by atoms with Crippen molar-refractivity contribution in [1.29, 1.82) is 0 Å². The van der Waals surface area contributed by atoms with E-state index in [9.17, 15) is 27.2 Å². The van der Waals surface area contributed by atoms with Gasteiger partial charge in [-0.1, -0.05) is 32.4 Å². The standard InChI is InChI=1S/C43H57FN2O9S/c1-8-27-19-26(2)11-9-10-12-28-23-43(28,40(50)45-56(51,52)42(6)17-18-42)24-35(47)34-21-30(25-46(34)39(49)32(27)22-38(48)55-41(3,4)5)54-37-16-15-36(53-7)31-14-13-29(44)20-33(31)37/h10,12-16,20,26-28,30,32,34H,8-9,11,17-19,21-25H2,1-7H3,(H,45,50)/b12-10-/t26-,27-,28-,30-,32+,34+,43-/m1/s1. The predicted molar refractivity (Wildman–Crippen MR) is 210 cm³/mol. The number of nitrogens with one attached hydrogen (secondary N) is 1. The number of hydrogen-bond donors (Lipinski definition) is 1. The molecule has 2 aliphatic heterocycles. The summed E-state index contributed by atoms with van der Waals surface area (Å²) in [5.74, 6) is -2.71. The van der Waals surface area contributed by atoms with Gasteiger partial charge in [0.05, 0.1) is 42.2 Å². The molecule has 0 spiro atoms. The molecule has 11 nitrogen and oxygen atoms in total. The summed E-state index contributed by atoms with van der Waals surface area (Å²) in [6.45, 7) is 11.0. The van der Waals surface area contributed by atoms with Crippen molar-refractivity contribution in [1.82, 2.24) is 9.62 Å². The van der Waals surface area contributed by atoms with Gasteiger partial charge in [-0.2, -0.15) is 0 Å². The van der Waals surface area contributed by atoms with Gasteiger partial charge in [-0.15, -0.1) is 0 Å². The third-order valence-corrected chi connectivity index (χ3v) is 14.5. The Hall–Kier alpha value is -4.00. The second-order valence-corrected chi connectivity index (χ2v) is 20.0. The van der Waals surface area contributed by atoms with E-state index in [2.05, 4.69) is 11.6 Å². The molecule has 2 amide bonds. The van der Waals surface area contributed by atoms with Crippen molar-refractivity contribution in [3.05, 3.63) is 48.3 Å². The van der Waals surface area contributed by atoms with Crippen molar-refractivity contribution in [2.45, 2.75) is 128 Å². The Morgan fingerprint density at radius 1 is 1.05 bits per heavy atom. The molecule has 6 rings (SSSR count). The SMILES string of the molecule is CC[C@@H]1C[C@H](C)CC/C=C\[C@@H]2C[C@@]2(C(=O)NS(=O)(=O)C2(C)CC2)CC(=O)[C@@H]2C[C@@H](Oc3ccc(OC)c4ccc(F)cc34)CN2C(=O)[C@H]1CC(=O)OC(C)(C)C. The molecular formula is C43H57FN2O9S. The van der Waals surface area contributed by atoms with Gasteiger partial charge in [0.2, 0.25) is 21.8 Å². The summed E-state index contributed by atoms with van der Waals surface area (Å²) in [5.41, 5.74) is -2.07. The number of halogens is 1. The Kier molecular flexibility index (Phi) is 11.7. The average molecular weight is 797 g/mol. The van der Waals surface area contributed by atoms with Crippen molar-refractivity contribution < 1.29 is 46.2 Å². The summed E-state index contributed by atoms with van der Waals surface area (Å²) < 4.78 is 60.1. The van der Waals surface area contributed by atoms with Gasteiger partial charge in [0, 0.05) is 23.6 Å². The number of Topliss-reactive ketones (excluding diaryl/α,β-unsaturated/α-hetero) is 1. The number of hydrogen-bond acceptors (Lipinski definition) is 9. The van der Waals surface area contributed by atoms with E-state index in [1.165, 1.54) is 24.1 Å². The lowest BCUT2D eigenvalue weighted by molar-refractivity contribution is -0.160. The Labute approximate surface area is 330 Å². The highest BCUT2D eigenvalue weighted by Gasteiger charge is 2.62. The molecule has 13 heteroatoms. The third kappa shape index (κ3) is 8.77. The monoisotopic (exact) mass is 796 g/mol. The van der Waals surface area contributed by atoms with Crippen LogP contribution in [0.15, 0.2) is 42.5 Å². The van der Waals surface area contributed by atoms with Crippen LogP contribution in [-0.2, 0) is 33.9 Å². The van der Waals surface area contributed by atoms with Crippen molar-refractivity contribution in [2.75, 3.05) is 13.7 Å². The molecule has 1 N–H and O–H groups in total. The number of methoxy groups -OCH3 is 1. The minimum absolute atomic E-state index is 0.00411.